The number of benzodiazepines with no additional fused rings is 1. The van der Waals surface area contributed by atoms with Gasteiger partial charge in [0.25, 0.3) is 5.91 Å². The molecule has 4 rings (SSSR count). The van der Waals surface area contributed by atoms with Gasteiger partial charge in [-0.25, -0.2) is 4.99 Å². The van der Waals surface area contributed by atoms with Gasteiger partial charge in [0.05, 0.1) is 11.4 Å². The van der Waals surface area contributed by atoms with E-state index in [1.165, 1.54) is 0 Å². The highest BCUT2D eigenvalue weighted by Crippen LogP contribution is 2.31. The predicted octanol–water partition coefficient (Wildman–Crippen LogP) is 4.42. The van der Waals surface area contributed by atoms with Crippen LogP contribution in [-0.2, 0) is 11.2 Å². The molecule has 4 N–H and O–H groups in total. The number of rotatable bonds is 5. The van der Waals surface area contributed by atoms with Crippen LogP contribution in [0.25, 0.3) is 0 Å². The standard InChI is InChI=1S/C25H23Cl2N5OS/c1-32-21-11-8-16(26)14-19(21)22(18-4-2-3-5-20(18)27)30-23(24(32)33)31-25(34)29-13-12-15-6-9-17(28)10-7-15/h2-11,14,23H,12-13,28H2,1H3,(H2,29,31,34). The van der Waals surface area contributed by atoms with Gasteiger partial charge in [-0.15, -0.1) is 0 Å². The van der Waals surface area contributed by atoms with Gasteiger partial charge in [-0.2, -0.15) is 0 Å². The van der Waals surface area contributed by atoms with Crippen molar-refractivity contribution in [3.05, 3.63) is 93.5 Å². The molecule has 3 aromatic rings. The minimum atomic E-state index is -0.945. The van der Waals surface area contributed by atoms with Crippen molar-refractivity contribution in [2.24, 2.45) is 4.99 Å². The number of amides is 1. The van der Waals surface area contributed by atoms with Crippen LogP contribution in [0.5, 0.6) is 0 Å². The molecule has 0 radical (unpaired) electrons. The summed E-state index contributed by atoms with van der Waals surface area (Å²) in [6.45, 7) is 0.587. The summed E-state index contributed by atoms with van der Waals surface area (Å²) in [5.74, 6) is -0.256. The molecule has 174 valence electrons. The Morgan fingerprint density at radius 2 is 1.82 bits per heavy atom. The Hall–Kier alpha value is -3.13. The number of thiocarbonyl (C=S) groups is 1. The molecule has 1 amide bonds. The molecule has 1 heterocycles. The van der Waals surface area contributed by atoms with Gasteiger partial charge >= 0.3 is 0 Å². The number of anilines is 2. The molecular formula is C25H23Cl2N5OS. The number of nitrogens with two attached hydrogens (primary N) is 1. The molecule has 1 unspecified atom stereocenters. The van der Waals surface area contributed by atoms with Crippen LogP contribution in [0, 0.1) is 0 Å². The molecular weight excluding hydrogens is 489 g/mol. The lowest BCUT2D eigenvalue weighted by Gasteiger charge is -2.22. The Kier molecular flexibility index (Phi) is 7.36. The Morgan fingerprint density at radius 3 is 2.56 bits per heavy atom. The van der Waals surface area contributed by atoms with Crippen molar-refractivity contribution >= 4 is 63.5 Å². The second-order valence-corrected chi connectivity index (χ2v) is 9.06. The van der Waals surface area contributed by atoms with E-state index in [4.69, 9.17) is 46.1 Å². The van der Waals surface area contributed by atoms with Gasteiger partial charge in [0, 0.05) is 40.5 Å². The van der Waals surface area contributed by atoms with Crippen molar-refractivity contribution in [2.75, 3.05) is 24.2 Å². The number of carbonyl (C=O) groups excluding carboxylic acids is 1. The highest BCUT2D eigenvalue weighted by atomic mass is 35.5. The van der Waals surface area contributed by atoms with Crippen molar-refractivity contribution in [3.8, 4) is 0 Å². The molecule has 0 spiro atoms. The van der Waals surface area contributed by atoms with Crippen LogP contribution in [0.1, 0.15) is 16.7 Å². The lowest BCUT2D eigenvalue weighted by Crippen LogP contribution is -2.49. The van der Waals surface area contributed by atoms with Gasteiger partial charge in [0.2, 0.25) is 6.17 Å². The second kappa shape index (κ2) is 10.4. The zero-order chi connectivity index (χ0) is 24.2. The SMILES string of the molecule is CN1C(=O)C(NC(=S)NCCc2ccc(N)cc2)N=C(c2ccccc2Cl)c2cc(Cl)ccc21. The van der Waals surface area contributed by atoms with Crippen molar-refractivity contribution in [1.29, 1.82) is 0 Å². The van der Waals surface area contributed by atoms with Crippen molar-refractivity contribution in [3.63, 3.8) is 0 Å². The van der Waals surface area contributed by atoms with E-state index in [0.29, 0.717) is 44.2 Å². The number of halogens is 2. The molecule has 1 aliphatic rings. The first-order chi connectivity index (χ1) is 16.3. The van der Waals surface area contributed by atoms with E-state index in [1.807, 2.05) is 42.5 Å². The van der Waals surface area contributed by atoms with Gasteiger partial charge in [-0.1, -0.05) is 53.5 Å². The van der Waals surface area contributed by atoms with Crippen molar-refractivity contribution in [1.82, 2.24) is 10.6 Å². The first-order valence-corrected chi connectivity index (χ1v) is 11.8. The van der Waals surface area contributed by atoms with E-state index in [-0.39, 0.29) is 5.91 Å². The topological polar surface area (TPSA) is 82.8 Å². The van der Waals surface area contributed by atoms with Gasteiger partial charge in [-0.05, 0) is 60.6 Å². The summed E-state index contributed by atoms with van der Waals surface area (Å²) in [6.07, 6.45) is -0.197. The molecule has 0 saturated heterocycles. The van der Waals surface area contributed by atoms with E-state index in [0.717, 1.165) is 17.7 Å². The van der Waals surface area contributed by atoms with Crippen LogP contribution in [-0.4, -0.2) is 36.5 Å². The van der Waals surface area contributed by atoms with Crippen LogP contribution in [0.4, 0.5) is 11.4 Å². The number of hydrogen-bond acceptors (Lipinski definition) is 4. The molecule has 1 aliphatic heterocycles. The van der Waals surface area contributed by atoms with E-state index in [1.54, 1.807) is 36.2 Å². The maximum atomic E-state index is 13.3. The summed E-state index contributed by atoms with van der Waals surface area (Å²) in [6, 6.07) is 20.4. The molecule has 9 heteroatoms. The fourth-order valence-corrected chi connectivity index (χ4v) is 4.30. The Balaban J connectivity index is 1.59. The molecule has 0 bridgehead atoms. The fourth-order valence-electron chi connectivity index (χ4n) is 3.69. The number of fused-ring (bicyclic) bond motifs is 1. The molecule has 1 atom stereocenters. The molecule has 0 saturated carbocycles. The maximum absolute atomic E-state index is 13.3. The van der Waals surface area contributed by atoms with Crippen LogP contribution in [0.15, 0.2) is 71.7 Å². The zero-order valence-corrected chi connectivity index (χ0v) is 20.7. The first-order valence-electron chi connectivity index (χ1n) is 10.6. The third kappa shape index (κ3) is 5.33. The van der Waals surface area contributed by atoms with E-state index in [9.17, 15) is 4.79 Å². The van der Waals surface area contributed by atoms with Gasteiger partial charge in [-0.3, -0.25) is 4.79 Å². The largest absolute Gasteiger partial charge is 0.399 e. The van der Waals surface area contributed by atoms with Crippen molar-refractivity contribution < 1.29 is 4.79 Å². The molecule has 3 aromatic carbocycles. The smallest absolute Gasteiger partial charge is 0.272 e. The third-order valence-corrected chi connectivity index (χ3v) is 6.30. The number of nitrogens with zero attached hydrogens (tertiary/aromatic N) is 2. The third-order valence-electron chi connectivity index (χ3n) is 5.47. The monoisotopic (exact) mass is 511 g/mol. The first kappa shape index (κ1) is 24.0. The maximum Gasteiger partial charge on any atom is 0.272 e. The van der Waals surface area contributed by atoms with E-state index in [2.05, 4.69) is 10.6 Å². The highest BCUT2D eigenvalue weighted by molar-refractivity contribution is 7.80. The molecule has 0 aliphatic carbocycles. The van der Waals surface area contributed by atoms with Crippen LogP contribution in [0.3, 0.4) is 0 Å². The predicted molar refractivity (Wildman–Crippen MR) is 144 cm³/mol. The number of aliphatic imine (C=N–C) groups is 1. The summed E-state index contributed by atoms with van der Waals surface area (Å²) in [5, 5.41) is 7.58. The lowest BCUT2D eigenvalue weighted by atomic mass is 10.00. The van der Waals surface area contributed by atoms with Crippen LogP contribution >= 0.6 is 35.4 Å². The summed E-state index contributed by atoms with van der Waals surface area (Å²) < 4.78 is 0. The Bertz CT molecular complexity index is 1260. The summed E-state index contributed by atoms with van der Waals surface area (Å²) in [4.78, 5) is 19.6. The molecule has 6 nitrogen and oxygen atoms in total. The number of nitrogen functional groups attached to an aromatic ring is 1. The van der Waals surface area contributed by atoms with Gasteiger partial charge < -0.3 is 21.3 Å². The Morgan fingerprint density at radius 1 is 1.09 bits per heavy atom. The minimum absolute atomic E-state index is 0.256. The number of nitrogens with one attached hydrogen (secondary N) is 2. The summed E-state index contributed by atoms with van der Waals surface area (Å²) in [7, 11) is 1.70. The quantitative estimate of drug-likeness (QED) is 0.348. The highest BCUT2D eigenvalue weighted by Gasteiger charge is 2.31. The van der Waals surface area contributed by atoms with E-state index < -0.39 is 6.17 Å². The summed E-state index contributed by atoms with van der Waals surface area (Å²) >= 11 is 18.3. The minimum Gasteiger partial charge on any atom is -0.399 e. The second-order valence-electron chi connectivity index (χ2n) is 7.81. The summed E-state index contributed by atoms with van der Waals surface area (Å²) in [5.41, 5.74) is 10.2. The number of carbonyl (C=O) groups is 1. The lowest BCUT2D eigenvalue weighted by molar-refractivity contribution is -0.119. The number of hydrogen-bond donors (Lipinski definition) is 3. The molecule has 0 fully saturated rings. The van der Waals surface area contributed by atoms with Crippen LogP contribution < -0.4 is 21.3 Å². The number of likely N-dealkylation sites (N-methyl/N-ethyl adjacent to an activating group) is 1. The average molecular weight is 512 g/mol. The van der Waals surface area contributed by atoms with Gasteiger partial charge in [0.15, 0.2) is 5.11 Å². The average Bonchev–Trinajstić information content (AvgIpc) is 2.91. The fraction of sp³-hybridized carbons (Fsp3) is 0.160. The molecule has 0 aromatic heterocycles. The van der Waals surface area contributed by atoms with E-state index >= 15 is 0 Å². The zero-order valence-electron chi connectivity index (χ0n) is 18.4. The molecule has 34 heavy (non-hydrogen) atoms. The van der Waals surface area contributed by atoms with Crippen molar-refractivity contribution in [2.45, 2.75) is 12.6 Å². The van der Waals surface area contributed by atoms with Crippen LogP contribution in [0.2, 0.25) is 10.0 Å². The number of benzene rings is 3. The van der Waals surface area contributed by atoms with Gasteiger partial charge in [0.1, 0.15) is 0 Å². The Labute approximate surface area is 213 Å². The normalized spacial score (nSPS) is 15.3.